The third-order valence-corrected chi connectivity index (χ3v) is 7.91. The number of carbonyl (C=O) groups is 1. The molecule has 2 aliphatic rings. The van der Waals surface area contributed by atoms with E-state index in [9.17, 15) is 4.79 Å². The first-order chi connectivity index (χ1) is 17.9. The Morgan fingerprint density at radius 1 is 1.16 bits per heavy atom. The fourth-order valence-electron chi connectivity index (χ4n) is 5.67. The van der Waals surface area contributed by atoms with Gasteiger partial charge in [-0.15, -0.1) is 0 Å². The lowest BCUT2D eigenvalue weighted by molar-refractivity contribution is -0.0769. The van der Waals surface area contributed by atoms with Gasteiger partial charge in [-0.3, -0.25) is 9.88 Å². The van der Waals surface area contributed by atoms with Crippen LogP contribution in [0.5, 0.6) is 0 Å². The Bertz CT molecular complexity index is 1220. The molecule has 1 atom stereocenters. The summed E-state index contributed by atoms with van der Waals surface area (Å²) in [4.78, 5) is 23.8. The van der Waals surface area contributed by atoms with E-state index in [1.54, 1.807) is 0 Å². The molecular weight excluding hydrogens is 466 g/mol. The van der Waals surface area contributed by atoms with Crippen LogP contribution in [-0.4, -0.2) is 89.4 Å². The number of nitrogens with one attached hydrogen (secondary N) is 1. The lowest BCUT2D eigenvalue weighted by Crippen LogP contribution is -2.51. The molecule has 0 spiro atoms. The van der Waals surface area contributed by atoms with Crippen LogP contribution in [-0.2, 0) is 10.3 Å². The molecule has 5 rings (SSSR count). The Morgan fingerprint density at radius 2 is 1.97 bits per heavy atom. The Hall–Kier alpha value is -3.17. The predicted molar refractivity (Wildman–Crippen MR) is 146 cm³/mol. The summed E-state index contributed by atoms with van der Waals surface area (Å²) in [5.74, 6) is 0. The lowest BCUT2D eigenvalue weighted by atomic mass is 9.85. The average molecular weight is 506 g/mol. The van der Waals surface area contributed by atoms with Gasteiger partial charge in [-0.05, 0) is 58.4 Å². The number of carbonyl (C=O) groups excluding carboxylic acids is 1. The highest BCUT2D eigenvalue weighted by Gasteiger charge is 2.38. The van der Waals surface area contributed by atoms with Crippen molar-refractivity contribution in [1.82, 2.24) is 29.7 Å². The second-order valence-corrected chi connectivity index (χ2v) is 10.4. The third-order valence-electron chi connectivity index (χ3n) is 7.91. The average Bonchev–Trinajstić information content (AvgIpc) is 3.38. The SMILES string of the molecule is CCNC(=O)N1CCN(c2ccnn3cc(-c4ccc([C@]5(OC)CCCN(C(C)C)C5)cn4)cc23)CC1. The second-order valence-electron chi connectivity index (χ2n) is 10.4. The minimum Gasteiger partial charge on any atom is -0.372 e. The fourth-order valence-corrected chi connectivity index (χ4v) is 5.67. The van der Waals surface area contributed by atoms with Crippen LogP contribution in [0.4, 0.5) is 10.5 Å². The number of fused-ring (bicyclic) bond motifs is 1. The number of methoxy groups -OCH3 is 1. The number of piperazine rings is 1. The van der Waals surface area contributed by atoms with Crippen molar-refractivity contribution < 1.29 is 9.53 Å². The van der Waals surface area contributed by atoms with E-state index in [0.29, 0.717) is 25.7 Å². The smallest absolute Gasteiger partial charge is 0.317 e. The minimum atomic E-state index is -0.315. The molecule has 0 aliphatic carbocycles. The quantitative estimate of drug-likeness (QED) is 0.552. The number of piperidine rings is 1. The van der Waals surface area contributed by atoms with E-state index in [-0.39, 0.29) is 11.6 Å². The molecule has 9 nitrogen and oxygen atoms in total. The summed E-state index contributed by atoms with van der Waals surface area (Å²) in [5.41, 5.74) is 4.95. The number of ether oxygens (including phenoxy) is 1. The number of urea groups is 1. The van der Waals surface area contributed by atoms with E-state index in [2.05, 4.69) is 58.3 Å². The first-order valence-electron chi connectivity index (χ1n) is 13.5. The fraction of sp³-hybridized carbons (Fsp3) is 0.536. The summed E-state index contributed by atoms with van der Waals surface area (Å²) in [6.45, 7) is 12.1. The third kappa shape index (κ3) is 5.02. The van der Waals surface area contributed by atoms with Gasteiger partial charge in [0.1, 0.15) is 5.60 Å². The summed E-state index contributed by atoms with van der Waals surface area (Å²) in [5, 5.41) is 7.45. The molecule has 3 aromatic heterocycles. The van der Waals surface area contributed by atoms with Crippen LogP contribution in [0.15, 0.2) is 42.9 Å². The van der Waals surface area contributed by atoms with Gasteiger partial charge in [0.2, 0.25) is 0 Å². The van der Waals surface area contributed by atoms with Gasteiger partial charge >= 0.3 is 6.03 Å². The molecule has 0 unspecified atom stereocenters. The van der Waals surface area contributed by atoms with Crippen LogP contribution < -0.4 is 10.2 Å². The van der Waals surface area contributed by atoms with Crippen LogP contribution >= 0.6 is 0 Å². The first-order valence-corrected chi connectivity index (χ1v) is 13.5. The molecule has 2 amide bonds. The summed E-state index contributed by atoms with van der Waals surface area (Å²) in [6, 6.07) is 9.00. The number of anilines is 1. The van der Waals surface area contributed by atoms with Gasteiger partial charge in [-0.1, -0.05) is 6.07 Å². The van der Waals surface area contributed by atoms with Gasteiger partial charge in [0, 0.05) is 82.1 Å². The molecular formula is C28H39N7O2. The number of hydrogen-bond donors (Lipinski definition) is 1. The van der Waals surface area contributed by atoms with Crippen LogP contribution in [0.25, 0.3) is 16.8 Å². The highest BCUT2D eigenvalue weighted by molar-refractivity contribution is 5.79. The Balaban J connectivity index is 1.36. The molecule has 0 saturated carbocycles. The Kier molecular flexibility index (Phi) is 7.35. The molecule has 1 N–H and O–H groups in total. The Morgan fingerprint density at radius 3 is 2.65 bits per heavy atom. The van der Waals surface area contributed by atoms with Gasteiger partial charge in [-0.2, -0.15) is 5.10 Å². The summed E-state index contributed by atoms with van der Waals surface area (Å²) in [7, 11) is 1.82. The molecule has 0 radical (unpaired) electrons. The van der Waals surface area contributed by atoms with E-state index in [0.717, 1.165) is 67.0 Å². The number of amides is 2. The molecule has 5 heterocycles. The zero-order valence-electron chi connectivity index (χ0n) is 22.5. The number of likely N-dealkylation sites (tertiary alicyclic amines) is 1. The highest BCUT2D eigenvalue weighted by atomic mass is 16.5. The van der Waals surface area contributed by atoms with Crippen molar-refractivity contribution in [3.05, 3.63) is 48.4 Å². The molecule has 9 heteroatoms. The number of nitrogens with zero attached hydrogens (tertiary/aromatic N) is 6. The normalized spacial score (nSPS) is 21.1. The molecule has 37 heavy (non-hydrogen) atoms. The van der Waals surface area contributed by atoms with Crippen molar-refractivity contribution in [2.75, 3.05) is 57.8 Å². The molecule has 2 saturated heterocycles. The van der Waals surface area contributed by atoms with Crippen molar-refractivity contribution in [2.24, 2.45) is 0 Å². The standard InChI is InChI=1S/C28H39N7O2/c1-5-29-27(36)33-15-13-32(14-16-33)25-9-11-31-35-19-22(17-26(25)35)24-8-7-23(18-30-24)28(37-4)10-6-12-34(20-28)21(2)3/h7-9,11,17-19,21H,5-6,10,12-16,20H2,1-4H3,(H,29,36)/t28-/m0/s1. The van der Waals surface area contributed by atoms with Gasteiger partial charge < -0.3 is 19.9 Å². The maximum absolute atomic E-state index is 12.2. The number of pyridine rings is 1. The van der Waals surface area contributed by atoms with Crippen LogP contribution in [0, 0.1) is 0 Å². The van der Waals surface area contributed by atoms with Crippen LogP contribution in [0.1, 0.15) is 39.2 Å². The number of hydrogen-bond acceptors (Lipinski definition) is 6. The number of aromatic nitrogens is 3. The topological polar surface area (TPSA) is 78.2 Å². The monoisotopic (exact) mass is 505 g/mol. The van der Waals surface area contributed by atoms with Gasteiger partial charge in [-0.25, -0.2) is 9.31 Å². The van der Waals surface area contributed by atoms with E-state index < -0.39 is 0 Å². The summed E-state index contributed by atoms with van der Waals surface area (Å²) in [6.07, 6.45) is 7.98. The first kappa shape index (κ1) is 25.5. The zero-order valence-corrected chi connectivity index (χ0v) is 22.5. The molecule has 198 valence electrons. The molecule has 3 aromatic rings. The number of rotatable bonds is 6. The summed E-state index contributed by atoms with van der Waals surface area (Å²) >= 11 is 0. The van der Waals surface area contributed by atoms with E-state index >= 15 is 0 Å². The maximum Gasteiger partial charge on any atom is 0.317 e. The van der Waals surface area contributed by atoms with Crippen LogP contribution in [0.2, 0.25) is 0 Å². The molecule has 2 fully saturated rings. The molecule has 2 aliphatic heterocycles. The van der Waals surface area contributed by atoms with Crippen molar-refractivity contribution in [1.29, 1.82) is 0 Å². The summed E-state index contributed by atoms with van der Waals surface area (Å²) < 4.78 is 8.05. The van der Waals surface area contributed by atoms with E-state index in [4.69, 9.17) is 9.72 Å². The van der Waals surface area contributed by atoms with Crippen molar-refractivity contribution >= 4 is 17.2 Å². The van der Waals surface area contributed by atoms with E-state index in [1.807, 2.05) is 42.0 Å². The largest absolute Gasteiger partial charge is 0.372 e. The van der Waals surface area contributed by atoms with Gasteiger partial charge in [0.05, 0.1) is 16.9 Å². The van der Waals surface area contributed by atoms with Crippen molar-refractivity contribution in [2.45, 2.75) is 45.3 Å². The Labute approximate surface area is 219 Å². The van der Waals surface area contributed by atoms with Crippen molar-refractivity contribution in [3.8, 4) is 11.3 Å². The second kappa shape index (κ2) is 10.7. The zero-order chi connectivity index (χ0) is 26.0. The lowest BCUT2D eigenvalue weighted by Gasteiger charge is -2.43. The molecule has 0 bridgehead atoms. The maximum atomic E-state index is 12.2. The van der Waals surface area contributed by atoms with Crippen molar-refractivity contribution in [3.63, 3.8) is 0 Å². The highest BCUT2D eigenvalue weighted by Crippen LogP contribution is 2.36. The van der Waals surface area contributed by atoms with Gasteiger partial charge in [0.15, 0.2) is 0 Å². The van der Waals surface area contributed by atoms with E-state index in [1.165, 1.54) is 0 Å². The van der Waals surface area contributed by atoms with Crippen LogP contribution in [0.3, 0.4) is 0 Å². The predicted octanol–water partition coefficient (Wildman–Crippen LogP) is 3.59. The molecule has 0 aromatic carbocycles. The minimum absolute atomic E-state index is 0.0157. The van der Waals surface area contributed by atoms with Gasteiger partial charge in [0.25, 0.3) is 0 Å².